The Morgan fingerprint density at radius 2 is 1.74 bits per heavy atom. The Balaban J connectivity index is 2.50. The lowest BCUT2D eigenvalue weighted by molar-refractivity contribution is 0.415. The molecular weight excluding hydrogens is 247 g/mol. The lowest BCUT2D eigenvalue weighted by Gasteiger charge is -2.23. The molecular formula is C13H15FN4O. The molecule has 6 heteroatoms. The first-order valence-corrected chi connectivity index (χ1v) is 5.57. The number of hydrazine groups is 1. The molecule has 0 atom stereocenters. The molecule has 2 rings (SSSR count). The minimum absolute atomic E-state index is 0.0189. The fourth-order valence-electron chi connectivity index (χ4n) is 1.76. The van der Waals surface area contributed by atoms with Gasteiger partial charge in [-0.25, -0.2) is 10.2 Å². The maximum absolute atomic E-state index is 13.3. The van der Waals surface area contributed by atoms with E-state index in [1.807, 2.05) is 6.07 Å². The maximum atomic E-state index is 13.3. The van der Waals surface area contributed by atoms with Gasteiger partial charge < -0.3 is 16.2 Å². The standard InChI is InChI=1S/C13H15FN4O/c1-19-13-5-3-2-4-11(13)18(17)12-7-9(15)8(14)6-10(12)16/h2-7H,15-17H2,1H3. The summed E-state index contributed by atoms with van der Waals surface area (Å²) < 4.78 is 18.5. The Labute approximate surface area is 110 Å². The molecule has 0 bridgehead atoms. The largest absolute Gasteiger partial charge is 0.495 e. The zero-order chi connectivity index (χ0) is 14.0. The van der Waals surface area contributed by atoms with Crippen LogP contribution in [0.5, 0.6) is 5.75 Å². The molecule has 19 heavy (non-hydrogen) atoms. The minimum atomic E-state index is -0.574. The van der Waals surface area contributed by atoms with E-state index in [2.05, 4.69) is 0 Å². The maximum Gasteiger partial charge on any atom is 0.148 e. The van der Waals surface area contributed by atoms with Gasteiger partial charge in [-0.05, 0) is 18.2 Å². The van der Waals surface area contributed by atoms with Crippen LogP contribution in [0.2, 0.25) is 0 Å². The van der Waals surface area contributed by atoms with Crippen molar-refractivity contribution < 1.29 is 9.13 Å². The lowest BCUT2D eigenvalue weighted by atomic mass is 10.2. The van der Waals surface area contributed by atoms with E-state index in [0.29, 0.717) is 17.1 Å². The molecule has 0 aliphatic rings. The molecule has 0 fully saturated rings. The number of hydrogen-bond acceptors (Lipinski definition) is 5. The minimum Gasteiger partial charge on any atom is -0.495 e. The average molecular weight is 262 g/mol. The predicted octanol–water partition coefficient (Wildman–Crippen LogP) is 2.01. The molecule has 0 amide bonds. The molecule has 100 valence electrons. The summed E-state index contributed by atoms with van der Waals surface area (Å²) in [4.78, 5) is 0. The van der Waals surface area contributed by atoms with Gasteiger partial charge in [0.25, 0.3) is 0 Å². The number of ether oxygens (including phenoxy) is 1. The van der Waals surface area contributed by atoms with Crippen LogP contribution >= 0.6 is 0 Å². The van der Waals surface area contributed by atoms with Crippen LogP contribution in [-0.4, -0.2) is 7.11 Å². The second-order valence-electron chi connectivity index (χ2n) is 3.97. The molecule has 0 spiro atoms. The summed E-state index contributed by atoms with van der Waals surface area (Å²) in [6.45, 7) is 0. The van der Waals surface area contributed by atoms with Crippen LogP contribution in [0.4, 0.5) is 27.1 Å². The van der Waals surface area contributed by atoms with Crippen LogP contribution in [0.1, 0.15) is 0 Å². The van der Waals surface area contributed by atoms with Gasteiger partial charge in [-0.2, -0.15) is 0 Å². The second kappa shape index (κ2) is 5.03. The second-order valence-corrected chi connectivity index (χ2v) is 3.97. The van der Waals surface area contributed by atoms with Crippen LogP contribution < -0.4 is 27.1 Å². The van der Waals surface area contributed by atoms with E-state index >= 15 is 0 Å². The number of rotatable bonds is 3. The van der Waals surface area contributed by atoms with Crippen molar-refractivity contribution in [1.82, 2.24) is 0 Å². The van der Waals surface area contributed by atoms with Crippen molar-refractivity contribution in [2.24, 2.45) is 5.84 Å². The molecule has 2 aromatic carbocycles. The zero-order valence-electron chi connectivity index (χ0n) is 10.4. The van der Waals surface area contributed by atoms with E-state index in [9.17, 15) is 4.39 Å². The molecule has 6 N–H and O–H groups in total. The molecule has 0 unspecified atom stereocenters. The Hall–Kier alpha value is -2.47. The molecule has 5 nitrogen and oxygen atoms in total. The number of anilines is 4. The van der Waals surface area contributed by atoms with Gasteiger partial charge in [0.15, 0.2) is 0 Å². The van der Waals surface area contributed by atoms with Gasteiger partial charge in [0.1, 0.15) is 11.6 Å². The topological polar surface area (TPSA) is 90.5 Å². The first kappa shape index (κ1) is 13.0. The first-order chi connectivity index (χ1) is 9.04. The number of nitrogen functional groups attached to an aromatic ring is 2. The fourth-order valence-corrected chi connectivity index (χ4v) is 1.76. The van der Waals surface area contributed by atoms with E-state index in [0.717, 1.165) is 6.07 Å². The summed E-state index contributed by atoms with van der Waals surface area (Å²) in [5.74, 6) is 6.01. The van der Waals surface area contributed by atoms with E-state index < -0.39 is 5.82 Å². The van der Waals surface area contributed by atoms with Gasteiger partial charge in [-0.15, -0.1) is 0 Å². The Morgan fingerprint density at radius 3 is 2.42 bits per heavy atom. The molecule has 0 aliphatic heterocycles. The number of hydrogen-bond donors (Lipinski definition) is 3. The predicted molar refractivity (Wildman–Crippen MR) is 74.5 cm³/mol. The summed E-state index contributed by atoms with van der Waals surface area (Å²) in [6, 6.07) is 9.67. The van der Waals surface area contributed by atoms with Crippen molar-refractivity contribution in [3.63, 3.8) is 0 Å². The molecule has 0 aliphatic carbocycles. The Morgan fingerprint density at radius 1 is 1.05 bits per heavy atom. The normalized spacial score (nSPS) is 10.3. The van der Waals surface area contributed by atoms with Crippen molar-refractivity contribution in [1.29, 1.82) is 0 Å². The van der Waals surface area contributed by atoms with Gasteiger partial charge >= 0.3 is 0 Å². The van der Waals surface area contributed by atoms with Crippen LogP contribution in [0.15, 0.2) is 36.4 Å². The van der Waals surface area contributed by atoms with Crippen molar-refractivity contribution in [3.8, 4) is 5.75 Å². The van der Waals surface area contributed by atoms with E-state index in [1.54, 1.807) is 18.2 Å². The van der Waals surface area contributed by atoms with Crippen LogP contribution in [0, 0.1) is 5.82 Å². The fraction of sp³-hybridized carbons (Fsp3) is 0.0769. The SMILES string of the molecule is COc1ccccc1N(N)c1cc(N)c(F)cc1N. The summed E-state index contributed by atoms with van der Waals surface area (Å²) in [6.07, 6.45) is 0. The third-order valence-electron chi connectivity index (χ3n) is 2.75. The molecule has 0 heterocycles. The van der Waals surface area contributed by atoms with E-state index in [-0.39, 0.29) is 11.4 Å². The highest BCUT2D eigenvalue weighted by atomic mass is 19.1. The summed E-state index contributed by atoms with van der Waals surface area (Å²) in [5.41, 5.74) is 12.5. The average Bonchev–Trinajstić information content (AvgIpc) is 2.42. The van der Waals surface area contributed by atoms with Crippen LogP contribution in [0.3, 0.4) is 0 Å². The number of benzene rings is 2. The summed E-state index contributed by atoms with van der Waals surface area (Å²) >= 11 is 0. The smallest absolute Gasteiger partial charge is 0.148 e. The van der Waals surface area contributed by atoms with E-state index in [4.69, 9.17) is 22.0 Å². The molecule has 0 saturated heterocycles. The third kappa shape index (κ3) is 2.38. The zero-order valence-corrected chi connectivity index (χ0v) is 10.4. The van der Waals surface area contributed by atoms with Gasteiger partial charge in [-0.1, -0.05) is 12.1 Å². The quantitative estimate of drug-likeness (QED) is 0.447. The highest BCUT2D eigenvalue weighted by Crippen LogP contribution is 2.35. The molecule has 0 saturated carbocycles. The molecule has 2 aromatic rings. The van der Waals surface area contributed by atoms with Crippen molar-refractivity contribution in [3.05, 3.63) is 42.2 Å². The van der Waals surface area contributed by atoms with Gasteiger partial charge in [0.2, 0.25) is 0 Å². The number of nitrogens with two attached hydrogens (primary N) is 3. The number of para-hydroxylation sites is 2. The summed E-state index contributed by atoms with van der Waals surface area (Å²) in [5, 5.41) is 1.31. The van der Waals surface area contributed by atoms with Crippen LogP contribution in [0.25, 0.3) is 0 Å². The molecule has 0 radical (unpaired) electrons. The lowest BCUT2D eigenvalue weighted by Crippen LogP contribution is -2.26. The Kier molecular flexibility index (Phi) is 3.43. The van der Waals surface area contributed by atoms with Crippen molar-refractivity contribution in [2.45, 2.75) is 0 Å². The summed E-state index contributed by atoms with van der Waals surface area (Å²) in [7, 11) is 1.54. The van der Waals surface area contributed by atoms with Gasteiger partial charge in [-0.3, -0.25) is 5.01 Å². The third-order valence-corrected chi connectivity index (χ3v) is 2.75. The number of halogens is 1. The molecule has 0 aromatic heterocycles. The number of nitrogens with zero attached hydrogens (tertiary/aromatic N) is 1. The highest BCUT2D eigenvalue weighted by molar-refractivity contribution is 5.79. The van der Waals surface area contributed by atoms with Crippen molar-refractivity contribution in [2.75, 3.05) is 23.6 Å². The van der Waals surface area contributed by atoms with Gasteiger partial charge in [0.05, 0.1) is 29.9 Å². The first-order valence-electron chi connectivity index (χ1n) is 5.57. The van der Waals surface area contributed by atoms with Crippen LogP contribution in [-0.2, 0) is 0 Å². The highest BCUT2D eigenvalue weighted by Gasteiger charge is 2.14. The Bertz CT molecular complexity index is 603. The monoisotopic (exact) mass is 262 g/mol. The van der Waals surface area contributed by atoms with Gasteiger partial charge in [0, 0.05) is 6.07 Å². The van der Waals surface area contributed by atoms with Crippen molar-refractivity contribution >= 4 is 22.7 Å². The number of methoxy groups -OCH3 is 1. The van der Waals surface area contributed by atoms with E-state index in [1.165, 1.54) is 18.2 Å².